The van der Waals surface area contributed by atoms with Crippen LogP contribution in [0.3, 0.4) is 0 Å². The van der Waals surface area contributed by atoms with E-state index in [0.29, 0.717) is 16.3 Å². The van der Waals surface area contributed by atoms with Gasteiger partial charge in [-0.15, -0.1) is 0 Å². The number of rotatable bonds is 2. The third kappa shape index (κ3) is 2.75. The maximum atomic E-state index is 13.6. The van der Waals surface area contributed by atoms with Crippen LogP contribution in [0.5, 0.6) is 0 Å². The summed E-state index contributed by atoms with van der Waals surface area (Å²) in [5, 5.41) is 3.11. The number of aryl methyl sites for hydroxylation is 1. The van der Waals surface area contributed by atoms with Gasteiger partial charge >= 0.3 is 0 Å². The zero-order chi connectivity index (χ0) is 14.9. The molecule has 0 atom stereocenters. The van der Waals surface area contributed by atoms with Crippen LogP contribution in [0.2, 0.25) is 5.02 Å². The first-order chi connectivity index (χ1) is 9.40. The SMILES string of the molecule is Cc1cccc(Cl)c1NC(=O)c1cc(N)c(C)c(F)c1. The van der Waals surface area contributed by atoms with Crippen molar-refractivity contribution in [3.05, 3.63) is 57.9 Å². The molecule has 5 heteroatoms. The Hall–Kier alpha value is -2.07. The number of halogens is 2. The lowest BCUT2D eigenvalue weighted by Crippen LogP contribution is -2.14. The second-order valence-electron chi connectivity index (χ2n) is 4.56. The van der Waals surface area contributed by atoms with Crippen molar-refractivity contribution >= 4 is 28.9 Å². The molecule has 0 bridgehead atoms. The van der Waals surface area contributed by atoms with Gasteiger partial charge in [-0.3, -0.25) is 4.79 Å². The van der Waals surface area contributed by atoms with Crippen molar-refractivity contribution in [2.45, 2.75) is 13.8 Å². The molecule has 0 aliphatic carbocycles. The molecule has 2 rings (SSSR count). The van der Waals surface area contributed by atoms with Gasteiger partial charge in [0.2, 0.25) is 0 Å². The molecule has 0 fully saturated rings. The van der Waals surface area contributed by atoms with Gasteiger partial charge in [-0.1, -0.05) is 23.7 Å². The van der Waals surface area contributed by atoms with Gasteiger partial charge < -0.3 is 11.1 Å². The summed E-state index contributed by atoms with van der Waals surface area (Å²) in [4.78, 5) is 12.1. The van der Waals surface area contributed by atoms with E-state index in [0.717, 1.165) is 11.6 Å². The quantitative estimate of drug-likeness (QED) is 0.824. The highest BCUT2D eigenvalue weighted by molar-refractivity contribution is 6.34. The number of nitrogen functional groups attached to an aromatic ring is 1. The highest BCUT2D eigenvalue weighted by Gasteiger charge is 2.13. The van der Waals surface area contributed by atoms with Crippen LogP contribution in [0.25, 0.3) is 0 Å². The largest absolute Gasteiger partial charge is 0.398 e. The van der Waals surface area contributed by atoms with E-state index in [-0.39, 0.29) is 11.3 Å². The third-order valence-corrected chi connectivity index (χ3v) is 3.42. The van der Waals surface area contributed by atoms with Gasteiger partial charge in [-0.05, 0) is 37.6 Å². The van der Waals surface area contributed by atoms with Gasteiger partial charge in [-0.25, -0.2) is 4.39 Å². The average molecular weight is 293 g/mol. The molecule has 3 N–H and O–H groups in total. The first-order valence-corrected chi connectivity index (χ1v) is 6.40. The molecule has 0 aliphatic heterocycles. The van der Waals surface area contributed by atoms with Crippen molar-refractivity contribution in [3.63, 3.8) is 0 Å². The normalized spacial score (nSPS) is 10.4. The Labute approximate surface area is 121 Å². The zero-order valence-corrected chi connectivity index (χ0v) is 11.9. The minimum Gasteiger partial charge on any atom is -0.398 e. The lowest BCUT2D eigenvalue weighted by Gasteiger charge is -2.11. The van der Waals surface area contributed by atoms with Gasteiger partial charge in [0.05, 0.1) is 10.7 Å². The Balaban J connectivity index is 2.34. The highest BCUT2D eigenvalue weighted by Crippen LogP contribution is 2.26. The van der Waals surface area contributed by atoms with Crippen LogP contribution < -0.4 is 11.1 Å². The topological polar surface area (TPSA) is 55.1 Å². The molecule has 0 unspecified atom stereocenters. The van der Waals surface area contributed by atoms with Crippen molar-refractivity contribution < 1.29 is 9.18 Å². The summed E-state index contributed by atoms with van der Waals surface area (Å²) in [5.41, 5.74) is 7.73. The van der Waals surface area contributed by atoms with Crippen LogP contribution >= 0.6 is 11.6 Å². The molecule has 0 radical (unpaired) electrons. The monoisotopic (exact) mass is 292 g/mol. The predicted octanol–water partition coefficient (Wildman–Crippen LogP) is 3.93. The van der Waals surface area contributed by atoms with Crippen LogP contribution in [0, 0.1) is 19.7 Å². The summed E-state index contributed by atoms with van der Waals surface area (Å²) >= 11 is 6.04. The summed E-state index contributed by atoms with van der Waals surface area (Å²) < 4.78 is 13.6. The molecule has 3 nitrogen and oxygen atoms in total. The van der Waals surface area contributed by atoms with Gasteiger partial charge in [0, 0.05) is 16.8 Å². The molecule has 1 amide bonds. The lowest BCUT2D eigenvalue weighted by molar-refractivity contribution is 0.102. The summed E-state index contributed by atoms with van der Waals surface area (Å²) in [6, 6.07) is 7.89. The molecule has 0 aliphatic rings. The second kappa shape index (κ2) is 5.51. The van der Waals surface area contributed by atoms with Crippen LogP contribution in [0.15, 0.2) is 30.3 Å². The number of benzene rings is 2. The van der Waals surface area contributed by atoms with Crippen molar-refractivity contribution in [3.8, 4) is 0 Å². The van der Waals surface area contributed by atoms with E-state index in [1.165, 1.54) is 6.07 Å². The maximum absolute atomic E-state index is 13.6. The number of hydrogen-bond acceptors (Lipinski definition) is 2. The van der Waals surface area contributed by atoms with E-state index in [2.05, 4.69) is 5.32 Å². The van der Waals surface area contributed by atoms with Crippen LogP contribution in [0.4, 0.5) is 15.8 Å². The van der Waals surface area contributed by atoms with Gasteiger partial charge in [-0.2, -0.15) is 0 Å². The van der Waals surface area contributed by atoms with E-state index in [4.69, 9.17) is 17.3 Å². The number of nitrogens with one attached hydrogen (secondary N) is 1. The Morgan fingerprint density at radius 1 is 1.30 bits per heavy atom. The smallest absolute Gasteiger partial charge is 0.255 e. The van der Waals surface area contributed by atoms with Crippen molar-refractivity contribution in [2.24, 2.45) is 0 Å². The zero-order valence-electron chi connectivity index (χ0n) is 11.1. The Kier molecular flexibility index (Phi) is 3.95. The summed E-state index contributed by atoms with van der Waals surface area (Å²) in [6.07, 6.45) is 0. The van der Waals surface area contributed by atoms with Crippen LogP contribution in [-0.2, 0) is 0 Å². The number of nitrogens with two attached hydrogens (primary N) is 1. The number of carbonyl (C=O) groups excluding carboxylic acids is 1. The Morgan fingerprint density at radius 2 is 2.00 bits per heavy atom. The van der Waals surface area contributed by atoms with Crippen LogP contribution in [0.1, 0.15) is 21.5 Å². The van der Waals surface area contributed by atoms with Gasteiger partial charge in [0.15, 0.2) is 0 Å². The molecule has 0 saturated heterocycles. The highest BCUT2D eigenvalue weighted by atomic mass is 35.5. The fourth-order valence-corrected chi connectivity index (χ4v) is 2.08. The Morgan fingerprint density at radius 3 is 2.60 bits per heavy atom. The number of amides is 1. The molecule has 20 heavy (non-hydrogen) atoms. The first kappa shape index (κ1) is 14.3. The molecule has 0 heterocycles. The minimum atomic E-state index is -0.508. The van der Waals surface area contributed by atoms with E-state index in [1.54, 1.807) is 19.1 Å². The third-order valence-electron chi connectivity index (χ3n) is 3.11. The predicted molar refractivity (Wildman–Crippen MR) is 79.7 cm³/mol. The number of para-hydroxylation sites is 1. The molecular formula is C15H14ClFN2O. The van der Waals surface area contributed by atoms with Gasteiger partial charge in [0.1, 0.15) is 5.82 Å². The molecule has 0 aromatic heterocycles. The molecule has 0 saturated carbocycles. The van der Waals surface area contributed by atoms with Crippen molar-refractivity contribution in [1.82, 2.24) is 0 Å². The summed E-state index contributed by atoms with van der Waals surface area (Å²) in [7, 11) is 0. The number of carbonyl (C=O) groups is 1. The molecule has 2 aromatic carbocycles. The number of hydrogen-bond donors (Lipinski definition) is 2. The van der Waals surface area contributed by atoms with Gasteiger partial charge in [0.25, 0.3) is 5.91 Å². The van der Waals surface area contributed by atoms with E-state index in [9.17, 15) is 9.18 Å². The summed E-state index contributed by atoms with van der Waals surface area (Å²) in [6.45, 7) is 3.39. The fourth-order valence-electron chi connectivity index (χ4n) is 1.81. The molecule has 104 valence electrons. The molecule has 0 spiro atoms. The minimum absolute atomic E-state index is 0.157. The Bertz CT molecular complexity index is 642. The fraction of sp³-hybridized carbons (Fsp3) is 0.133. The van der Waals surface area contributed by atoms with E-state index >= 15 is 0 Å². The molecule has 2 aromatic rings. The summed E-state index contributed by atoms with van der Waals surface area (Å²) in [5.74, 6) is -0.960. The molecular weight excluding hydrogens is 279 g/mol. The first-order valence-electron chi connectivity index (χ1n) is 6.02. The standard InChI is InChI=1S/C15H14ClFN2O/c1-8-4-3-5-11(16)14(8)19-15(20)10-6-12(17)9(2)13(18)7-10/h3-7H,18H2,1-2H3,(H,19,20). The maximum Gasteiger partial charge on any atom is 0.255 e. The average Bonchev–Trinajstić information content (AvgIpc) is 2.39. The van der Waals surface area contributed by atoms with E-state index in [1.807, 2.05) is 13.0 Å². The van der Waals surface area contributed by atoms with Crippen LogP contribution in [-0.4, -0.2) is 5.91 Å². The van der Waals surface area contributed by atoms with E-state index < -0.39 is 11.7 Å². The van der Waals surface area contributed by atoms with Crippen molar-refractivity contribution in [2.75, 3.05) is 11.1 Å². The van der Waals surface area contributed by atoms with Crippen molar-refractivity contribution in [1.29, 1.82) is 0 Å². The second-order valence-corrected chi connectivity index (χ2v) is 4.97. The lowest BCUT2D eigenvalue weighted by atomic mass is 10.1. The number of anilines is 2.